The molecule has 1 saturated carbocycles. The van der Waals surface area contributed by atoms with Crippen LogP contribution < -0.4 is 10.6 Å². The minimum atomic E-state index is -0.272. The van der Waals surface area contributed by atoms with Gasteiger partial charge >= 0.3 is 6.09 Å². The standard InChI is InChI=1S/C18H25FN4O2.HI/c1-20-17(21-12-7-9-23(10-8-12)18(24)25-2)22-16-11-14(16)13-5-3-4-6-15(13)19;/h3-6,12,14,16H,7-11H2,1-2H3,(H2,20,21,22);1H. The van der Waals surface area contributed by atoms with Crippen molar-refractivity contribution in [3.05, 3.63) is 35.6 Å². The first-order chi connectivity index (χ1) is 12.1. The second-order valence-electron chi connectivity index (χ2n) is 6.56. The highest BCUT2D eigenvalue weighted by atomic mass is 127. The van der Waals surface area contributed by atoms with Crippen LogP contribution in [0.5, 0.6) is 0 Å². The zero-order valence-electron chi connectivity index (χ0n) is 15.1. The number of carbonyl (C=O) groups is 1. The Morgan fingerprint density at radius 1 is 1.27 bits per heavy atom. The summed E-state index contributed by atoms with van der Waals surface area (Å²) in [7, 11) is 3.14. The zero-order valence-corrected chi connectivity index (χ0v) is 17.4. The van der Waals surface area contributed by atoms with E-state index in [-0.39, 0.29) is 53.9 Å². The van der Waals surface area contributed by atoms with E-state index in [1.54, 1.807) is 18.0 Å². The molecule has 0 spiro atoms. The predicted octanol–water partition coefficient (Wildman–Crippen LogP) is 2.70. The number of nitrogens with zero attached hydrogens (tertiary/aromatic N) is 2. The van der Waals surface area contributed by atoms with Crippen molar-refractivity contribution in [1.29, 1.82) is 0 Å². The second kappa shape index (κ2) is 9.38. The molecular formula is C18H26FIN4O2. The van der Waals surface area contributed by atoms with Gasteiger partial charge in [-0.05, 0) is 30.9 Å². The van der Waals surface area contributed by atoms with Gasteiger partial charge in [-0.25, -0.2) is 9.18 Å². The molecule has 0 bridgehead atoms. The monoisotopic (exact) mass is 476 g/mol. The maximum absolute atomic E-state index is 13.9. The average molecular weight is 476 g/mol. The molecule has 1 aromatic carbocycles. The van der Waals surface area contributed by atoms with Crippen molar-refractivity contribution in [3.63, 3.8) is 0 Å². The Balaban J connectivity index is 0.00000243. The summed E-state index contributed by atoms with van der Waals surface area (Å²) in [4.78, 5) is 17.5. The summed E-state index contributed by atoms with van der Waals surface area (Å²) in [6, 6.07) is 7.41. The van der Waals surface area contributed by atoms with Crippen LogP contribution in [-0.2, 0) is 4.74 Å². The normalized spacial score (nSPS) is 23.0. The van der Waals surface area contributed by atoms with Gasteiger partial charge in [0.2, 0.25) is 0 Å². The third-order valence-corrected chi connectivity index (χ3v) is 4.91. The number of rotatable bonds is 3. The molecule has 8 heteroatoms. The number of benzene rings is 1. The van der Waals surface area contributed by atoms with Crippen molar-refractivity contribution in [2.24, 2.45) is 4.99 Å². The van der Waals surface area contributed by atoms with Crippen molar-refractivity contribution in [2.75, 3.05) is 27.2 Å². The van der Waals surface area contributed by atoms with Crippen molar-refractivity contribution < 1.29 is 13.9 Å². The molecule has 3 rings (SSSR count). The number of piperidine rings is 1. The minimum Gasteiger partial charge on any atom is -0.453 e. The first-order valence-electron chi connectivity index (χ1n) is 8.69. The van der Waals surface area contributed by atoms with E-state index in [1.807, 2.05) is 12.1 Å². The van der Waals surface area contributed by atoms with Crippen LogP contribution in [-0.4, -0.2) is 56.3 Å². The number of amides is 1. The quantitative estimate of drug-likeness (QED) is 0.400. The van der Waals surface area contributed by atoms with Gasteiger partial charge in [-0.3, -0.25) is 4.99 Å². The number of hydrogen-bond donors (Lipinski definition) is 2. The number of methoxy groups -OCH3 is 1. The van der Waals surface area contributed by atoms with Crippen LogP contribution in [0.4, 0.5) is 9.18 Å². The number of likely N-dealkylation sites (tertiary alicyclic amines) is 1. The Morgan fingerprint density at radius 2 is 1.96 bits per heavy atom. The summed E-state index contributed by atoms with van der Waals surface area (Å²) in [5.74, 6) is 0.788. The van der Waals surface area contributed by atoms with Crippen LogP contribution in [0, 0.1) is 5.82 Å². The Kier molecular flexibility index (Phi) is 7.48. The first-order valence-corrected chi connectivity index (χ1v) is 8.69. The summed E-state index contributed by atoms with van der Waals surface area (Å²) in [5, 5.41) is 6.78. The Morgan fingerprint density at radius 3 is 2.58 bits per heavy atom. The molecule has 6 nitrogen and oxygen atoms in total. The van der Waals surface area contributed by atoms with E-state index in [0.29, 0.717) is 13.1 Å². The number of nitrogens with one attached hydrogen (secondary N) is 2. The second-order valence-corrected chi connectivity index (χ2v) is 6.56. The highest BCUT2D eigenvalue weighted by Crippen LogP contribution is 2.41. The molecule has 1 heterocycles. The zero-order chi connectivity index (χ0) is 17.8. The highest BCUT2D eigenvalue weighted by molar-refractivity contribution is 14.0. The van der Waals surface area contributed by atoms with Gasteiger partial charge in [0, 0.05) is 38.1 Å². The van der Waals surface area contributed by atoms with Gasteiger partial charge < -0.3 is 20.3 Å². The van der Waals surface area contributed by atoms with Gasteiger partial charge in [-0.1, -0.05) is 18.2 Å². The van der Waals surface area contributed by atoms with E-state index in [4.69, 9.17) is 4.74 Å². The first kappa shape index (κ1) is 20.7. The molecule has 144 valence electrons. The van der Waals surface area contributed by atoms with E-state index >= 15 is 0 Å². The van der Waals surface area contributed by atoms with Crippen molar-refractivity contribution in [1.82, 2.24) is 15.5 Å². The molecule has 1 aliphatic heterocycles. The lowest BCUT2D eigenvalue weighted by Gasteiger charge is -2.32. The van der Waals surface area contributed by atoms with E-state index in [2.05, 4.69) is 15.6 Å². The van der Waals surface area contributed by atoms with Crippen LogP contribution in [0.15, 0.2) is 29.3 Å². The maximum Gasteiger partial charge on any atom is 0.409 e. The summed E-state index contributed by atoms with van der Waals surface area (Å²) in [5.41, 5.74) is 0.766. The largest absolute Gasteiger partial charge is 0.453 e. The molecule has 2 fully saturated rings. The highest BCUT2D eigenvalue weighted by Gasteiger charge is 2.40. The van der Waals surface area contributed by atoms with Gasteiger partial charge in [0.25, 0.3) is 0 Å². The predicted molar refractivity (Wildman–Crippen MR) is 110 cm³/mol. The Hall–Kier alpha value is -1.58. The molecular weight excluding hydrogens is 450 g/mol. The van der Waals surface area contributed by atoms with Crippen LogP contribution in [0.1, 0.15) is 30.7 Å². The van der Waals surface area contributed by atoms with Crippen molar-refractivity contribution >= 4 is 36.0 Å². The third-order valence-electron chi connectivity index (χ3n) is 4.91. The fourth-order valence-corrected chi connectivity index (χ4v) is 3.35. The lowest BCUT2D eigenvalue weighted by atomic mass is 10.1. The summed E-state index contributed by atoms with van der Waals surface area (Å²) in [6.07, 6.45) is 2.32. The average Bonchev–Trinajstić information content (AvgIpc) is 3.40. The van der Waals surface area contributed by atoms with E-state index < -0.39 is 0 Å². The van der Waals surface area contributed by atoms with Crippen molar-refractivity contribution in [2.45, 2.75) is 37.3 Å². The van der Waals surface area contributed by atoms with Crippen LogP contribution in [0.25, 0.3) is 0 Å². The molecule has 2 N–H and O–H groups in total. The Bertz CT molecular complexity index is 650. The van der Waals surface area contributed by atoms with Crippen LogP contribution in [0.2, 0.25) is 0 Å². The van der Waals surface area contributed by atoms with E-state index in [0.717, 1.165) is 30.8 Å². The molecule has 1 saturated heterocycles. The minimum absolute atomic E-state index is 0. The van der Waals surface area contributed by atoms with Crippen LogP contribution >= 0.6 is 24.0 Å². The topological polar surface area (TPSA) is 66.0 Å². The SMILES string of the molecule is CN=C(NC1CCN(C(=O)OC)CC1)NC1CC1c1ccccc1F.I. The van der Waals surface area contributed by atoms with Gasteiger partial charge in [-0.2, -0.15) is 0 Å². The Labute approximate surface area is 170 Å². The maximum atomic E-state index is 13.9. The molecule has 26 heavy (non-hydrogen) atoms. The summed E-state index contributed by atoms with van der Waals surface area (Å²) < 4.78 is 18.6. The lowest BCUT2D eigenvalue weighted by Crippen LogP contribution is -2.50. The van der Waals surface area contributed by atoms with Crippen molar-refractivity contribution in [3.8, 4) is 0 Å². The van der Waals surface area contributed by atoms with Gasteiger partial charge in [-0.15, -0.1) is 24.0 Å². The molecule has 1 amide bonds. The third kappa shape index (κ3) is 4.99. The molecule has 2 unspecified atom stereocenters. The molecule has 2 atom stereocenters. The number of aliphatic imine (C=N–C) groups is 1. The lowest BCUT2D eigenvalue weighted by molar-refractivity contribution is 0.111. The fourth-order valence-electron chi connectivity index (χ4n) is 3.35. The number of ether oxygens (including phenoxy) is 1. The number of hydrogen-bond acceptors (Lipinski definition) is 3. The number of guanidine groups is 1. The number of halogens is 2. The van der Waals surface area contributed by atoms with Gasteiger partial charge in [0.1, 0.15) is 5.82 Å². The molecule has 1 aromatic rings. The molecule has 0 radical (unpaired) electrons. The molecule has 0 aromatic heterocycles. The van der Waals surface area contributed by atoms with E-state index in [9.17, 15) is 9.18 Å². The molecule has 2 aliphatic rings. The number of carbonyl (C=O) groups excluding carboxylic acids is 1. The van der Waals surface area contributed by atoms with Gasteiger partial charge in [0.05, 0.1) is 7.11 Å². The summed E-state index contributed by atoms with van der Waals surface area (Å²) >= 11 is 0. The van der Waals surface area contributed by atoms with Crippen LogP contribution in [0.3, 0.4) is 0 Å². The van der Waals surface area contributed by atoms with Gasteiger partial charge in [0.15, 0.2) is 5.96 Å². The smallest absolute Gasteiger partial charge is 0.409 e. The summed E-state index contributed by atoms with van der Waals surface area (Å²) in [6.45, 7) is 1.34. The van der Waals surface area contributed by atoms with E-state index in [1.165, 1.54) is 13.2 Å². The molecule has 1 aliphatic carbocycles. The fraction of sp³-hybridized carbons (Fsp3) is 0.556.